The molecule has 0 spiro atoms. The van der Waals surface area contributed by atoms with Crippen molar-refractivity contribution in [3.8, 4) is 11.3 Å². The molecule has 1 aliphatic heterocycles. The summed E-state index contributed by atoms with van der Waals surface area (Å²) in [6.07, 6.45) is 3.66. The van der Waals surface area contributed by atoms with Crippen molar-refractivity contribution < 1.29 is 14.7 Å². The molecule has 2 aromatic rings. The number of hydrogen-bond donors (Lipinski definition) is 1. The third-order valence-electron chi connectivity index (χ3n) is 4.60. The van der Waals surface area contributed by atoms with E-state index in [1.807, 2.05) is 23.1 Å². The van der Waals surface area contributed by atoms with Crippen molar-refractivity contribution in [3.05, 3.63) is 53.7 Å². The van der Waals surface area contributed by atoms with E-state index in [9.17, 15) is 9.59 Å². The summed E-state index contributed by atoms with van der Waals surface area (Å²) in [5.74, 6) is -0.399. The molecule has 0 unspecified atom stereocenters. The third-order valence-corrected chi connectivity index (χ3v) is 4.60. The van der Waals surface area contributed by atoms with Crippen LogP contribution in [-0.4, -0.2) is 40.0 Å². The van der Waals surface area contributed by atoms with Gasteiger partial charge in [-0.05, 0) is 48.6 Å². The highest BCUT2D eigenvalue weighted by Crippen LogP contribution is 2.30. The molecule has 124 valence electrons. The number of carboxylic acids is 1. The van der Waals surface area contributed by atoms with Crippen molar-refractivity contribution in [2.45, 2.75) is 25.7 Å². The predicted molar refractivity (Wildman–Crippen MR) is 90.9 cm³/mol. The summed E-state index contributed by atoms with van der Waals surface area (Å²) >= 11 is 0. The van der Waals surface area contributed by atoms with Crippen LogP contribution in [0.4, 0.5) is 0 Å². The van der Waals surface area contributed by atoms with Crippen molar-refractivity contribution in [3.63, 3.8) is 0 Å². The van der Waals surface area contributed by atoms with E-state index < -0.39 is 5.97 Å². The smallest absolute Gasteiger partial charge is 0.335 e. The van der Waals surface area contributed by atoms with Crippen LogP contribution < -0.4 is 0 Å². The zero-order valence-electron chi connectivity index (χ0n) is 13.6. The second kappa shape index (κ2) is 6.83. The number of piperidine rings is 1. The molecule has 1 aliphatic rings. The van der Waals surface area contributed by atoms with E-state index in [1.165, 1.54) is 5.56 Å². The molecule has 1 amide bonds. The average molecular weight is 324 g/mol. The van der Waals surface area contributed by atoms with Gasteiger partial charge in [0.1, 0.15) is 0 Å². The van der Waals surface area contributed by atoms with Gasteiger partial charge in [-0.15, -0.1) is 0 Å². The molecule has 0 atom stereocenters. The fourth-order valence-electron chi connectivity index (χ4n) is 3.20. The Balaban J connectivity index is 1.81. The van der Waals surface area contributed by atoms with Crippen LogP contribution in [0.15, 0.2) is 42.6 Å². The average Bonchev–Trinajstić information content (AvgIpc) is 2.62. The molecular formula is C19H20N2O3. The summed E-state index contributed by atoms with van der Waals surface area (Å²) in [4.78, 5) is 28.8. The maximum atomic E-state index is 11.4. The summed E-state index contributed by atoms with van der Waals surface area (Å²) in [5, 5.41) is 9.13. The Morgan fingerprint density at radius 2 is 1.92 bits per heavy atom. The van der Waals surface area contributed by atoms with Gasteiger partial charge in [0, 0.05) is 31.8 Å². The number of likely N-dealkylation sites (tertiary alicyclic amines) is 1. The quantitative estimate of drug-likeness (QED) is 0.941. The highest BCUT2D eigenvalue weighted by molar-refractivity contribution is 5.89. The van der Waals surface area contributed by atoms with Crippen molar-refractivity contribution >= 4 is 11.9 Å². The molecule has 0 radical (unpaired) electrons. The molecule has 5 heteroatoms. The molecule has 3 rings (SSSR count). The first kappa shape index (κ1) is 16.2. The number of hydrogen-bond acceptors (Lipinski definition) is 3. The molecule has 0 bridgehead atoms. The van der Waals surface area contributed by atoms with Gasteiger partial charge in [0.25, 0.3) is 0 Å². The topological polar surface area (TPSA) is 70.5 Å². The van der Waals surface area contributed by atoms with Crippen molar-refractivity contribution in [1.29, 1.82) is 0 Å². The highest BCUT2D eigenvalue weighted by Gasteiger charge is 2.22. The van der Waals surface area contributed by atoms with Gasteiger partial charge in [-0.2, -0.15) is 0 Å². The lowest BCUT2D eigenvalue weighted by molar-refractivity contribution is -0.129. The summed E-state index contributed by atoms with van der Waals surface area (Å²) in [5.41, 5.74) is 3.04. The molecule has 0 saturated carbocycles. The molecule has 0 aliphatic carbocycles. The van der Waals surface area contributed by atoms with E-state index in [0.29, 0.717) is 5.92 Å². The minimum atomic E-state index is -0.940. The molecule has 24 heavy (non-hydrogen) atoms. The lowest BCUT2D eigenvalue weighted by atomic mass is 9.89. The van der Waals surface area contributed by atoms with E-state index in [2.05, 4.69) is 4.98 Å². The number of carbonyl (C=O) groups is 2. The molecule has 1 N–H and O–H groups in total. The second-order valence-corrected chi connectivity index (χ2v) is 6.14. The lowest BCUT2D eigenvalue weighted by Crippen LogP contribution is -2.36. The van der Waals surface area contributed by atoms with Crippen LogP contribution in [0.3, 0.4) is 0 Å². The summed E-state index contributed by atoms with van der Waals surface area (Å²) < 4.78 is 0. The molecule has 1 aromatic heterocycles. The largest absolute Gasteiger partial charge is 0.478 e. The molecule has 1 saturated heterocycles. The van der Waals surface area contributed by atoms with Gasteiger partial charge in [-0.25, -0.2) is 4.79 Å². The van der Waals surface area contributed by atoms with E-state index in [-0.39, 0.29) is 11.5 Å². The van der Waals surface area contributed by atoms with Crippen LogP contribution in [0.2, 0.25) is 0 Å². The zero-order chi connectivity index (χ0) is 17.1. The standard InChI is InChI=1S/C19H20N2O3/c1-13(22)21-9-6-14(7-10-21)15-5-8-20-18(12-15)16-3-2-4-17(11-16)19(23)24/h2-5,8,11-12,14H,6-7,9-10H2,1H3,(H,23,24). The Morgan fingerprint density at radius 3 is 2.58 bits per heavy atom. The van der Waals surface area contributed by atoms with Gasteiger partial charge in [-0.1, -0.05) is 12.1 Å². The number of benzene rings is 1. The number of amides is 1. The summed E-state index contributed by atoms with van der Waals surface area (Å²) in [6, 6.07) is 10.9. The predicted octanol–water partition coefficient (Wildman–Crippen LogP) is 3.17. The Morgan fingerprint density at radius 1 is 1.17 bits per heavy atom. The number of carbonyl (C=O) groups excluding carboxylic acids is 1. The number of nitrogens with zero attached hydrogens (tertiary/aromatic N) is 2. The third kappa shape index (κ3) is 3.45. The van der Waals surface area contributed by atoms with E-state index in [1.54, 1.807) is 31.3 Å². The number of aromatic nitrogens is 1. The van der Waals surface area contributed by atoms with Gasteiger partial charge in [-0.3, -0.25) is 9.78 Å². The molecule has 5 nitrogen and oxygen atoms in total. The molecule has 2 heterocycles. The van der Waals surface area contributed by atoms with E-state index in [0.717, 1.165) is 37.2 Å². The first-order chi connectivity index (χ1) is 11.5. The van der Waals surface area contributed by atoms with Crippen LogP contribution in [0, 0.1) is 0 Å². The van der Waals surface area contributed by atoms with Crippen LogP contribution in [0.25, 0.3) is 11.3 Å². The van der Waals surface area contributed by atoms with Gasteiger partial charge in [0.15, 0.2) is 0 Å². The van der Waals surface area contributed by atoms with E-state index >= 15 is 0 Å². The van der Waals surface area contributed by atoms with Crippen molar-refractivity contribution in [2.24, 2.45) is 0 Å². The lowest BCUT2D eigenvalue weighted by Gasteiger charge is -2.31. The zero-order valence-corrected chi connectivity index (χ0v) is 13.6. The number of carboxylic acid groups (broad SMARTS) is 1. The fraction of sp³-hybridized carbons (Fsp3) is 0.316. The normalized spacial score (nSPS) is 15.3. The summed E-state index contributed by atoms with van der Waals surface area (Å²) in [7, 11) is 0. The maximum absolute atomic E-state index is 11.4. The second-order valence-electron chi connectivity index (χ2n) is 6.14. The maximum Gasteiger partial charge on any atom is 0.335 e. The van der Waals surface area contributed by atoms with Crippen LogP contribution in [0.5, 0.6) is 0 Å². The Kier molecular flexibility index (Phi) is 4.60. The van der Waals surface area contributed by atoms with Gasteiger partial charge in [0.05, 0.1) is 11.3 Å². The SMILES string of the molecule is CC(=O)N1CCC(c2ccnc(-c3cccc(C(=O)O)c3)c2)CC1. The number of rotatable bonds is 3. The van der Waals surface area contributed by atoms with Gasteiger partial charge >= 0.3 is 5.97 Å². The highest BCUT2D eigenvalue weighted by atomic mass is 16.4. The minimum Gasteiger partial charge on any atom is -0.478 e. The Labute approximate surface area is 140 Å². The fourth-order valence-corrected chi connectivity index (χ4v) is 3.20. The first-order valence-corrected chi connectivity index (χ1v) is 8.10. The molecule has 1 aromatic carbocycles. The number of aromatic carboxylic acids is 1. The molecular weight excluding hydrogens is 304 g/mol. The van der Waals surface area contributed by atoms with E-state index in [4.69, 9.17) is 5.11 Å². The Bertz CT molecular complexity index is 765. The first-order valence-electron chi connectivity index (χ1n) is 8.10. The minimum absolute atomic E-state index is 0.134. The number of pyridine rings is 1. The van der Waals surface area contributed by atoms with Crippen LogP contribution in [-0.2, 0) is 4.79 Å². The van der Waals surface area contributed by atoms with Crippen LogP contribution >= 0.6 is 0 Å². The Hall–Kier alpha value is -2.69. The van der Waals surface area contributed by atoms with Crippen molar-refractivity contribution in [1.82, 2.24) is 9.88 Å². The monoisotopic (exact) mass is 324 g/mol. The van der Waals surface area contributed by atoms with Crippen molar-refractivity contribution in [2.75, 3.05) is 13.1 Å². The van der Waals surface area contributed by atoms with Crippen LogP contribution in [0.1, 0.15) is 41.6 Å². The van der Waals surface area contributed by atoms with Gasteiger partial charge < -0.3 is 10.0 Å². The van der Waals surface area contributed by atoms with Gasteiger partial charge in [0.2, 0.25) is 5.91 Å². The summed E-state index contributed by atoms with van der Waals surface area (Å²) in [6.45, 7) is 3.18. The molecule has 1 fully saturated rings.